The molecule has 1 atom stereocenters. The second kappa shape index (κ2) is 4.62. The maximum atomic E-state index is 4.49. The van der Waals surface area contributed by atoms with Crippen LogP contribution in [-0.2, 0) is 0 Å². The highest BCUT2D eigenvalue weighted by Gasteiger charge is 2.16. The van der Waals surface area contributed by atoms with Crippen molar-refractivity contribution < 1.29 is 0 Å². The summed E-state index contributed by atoms with van der Waals surface area (Å²) in [6, 6.07) is 4.29. The van der Waals surface area contributed by atoms with Crippen molar-refractivity contribution in [3.63, 3.8) is 0 Å². The normalized spacial score (nSPS) is 20.8. The molecule has 1 aliphatic rings. The molecule has 2 rings (SSSR count). The Morgan fingerprint density at radius 1 is 1.60 bits per heavy atom. The fourth-order valence-corrected chi connectivity index (χ4v) is 2.58. The van der Waals surface area contributed by atoms with E-state index in [2.05, 4.69) is 47.9 Å². The molecule has 1 aliphatic heterocycles. The fraction of sp³-hybridized carbons (Fsp3) is 0.417. The lowest BCUT2D eigenvalue weighted by Crippen LogP contribution is -2.17. The van der Waals surface area contributed by atoms with Gasteiger partial charge in [-0.1, -0.05) is 6.07 Å². The van der Waals surface area contributed by atoms with E-state index in [0.29, 0.717) is 5.92 Å². The second-order valence-corrected chi connectivity index (χ2v) is 4.74. The highest BCUT2D eigenvalue weighted by atomic mass is 32.1. The Morgan fingerprint density at radius 3 is 3.07 bits per heavy atom. The van der Waals surface area contributed by atoms with E-state index in [-0.39, 0.29) is 0 Å². The van der Waals surface area contributed by atoms with Crippen LogP contribution in [0, 0.1) is 0 Å². The molecule has 0 amide bonds. The second-order valence-electron chi connectivity index (χ2n) is 3.76. The lowest BCUT2D eigenvalue weighted by atomic mass is 9.97. The van der Waals surface area contributed by atoms with Gasteiger partial charge in [-0.3, -0.25) is 0 Å². The van der Waals surface area contributed by atoms with Crippen molar-refractivity contribution in [2.75, 3.05) is 6.54 Å². The van der Waals surface area contributed by atoms with Crippen molar-refractivity contribution in [2.45, 2.75) is 26.2 Å². The summed E-state index contributed by atoms with van der Waals surface area (Å²) >= 11 is 1.81. The molecular weight excluding hydrogens is 204 g/mol. The molecule has 3 heteroatoms. The Morgan fingerprint density at radius 2 is 2.47 bits per heavy atom. The van der Waals surface area contributed by atoms with Gasteiger partial charge in [0, 0.05) is 23.6 Å². The van der Waals surface area contributed by atoms with Gasteiger partial charge >= 0.3 is 0 Å². The van der Waals surface area contributed by atoms with Crippen molar-refractivity contribution in [2.24, 2.45) is 4.99 Å². The van der Waals surface area contributed by atoms with Crippen molar-refractivity contribution in [1.29, 1.82) is 0 Å². The first-order valence-corrected chi connectivity index (χ1v) is 6.20. The lowest BCUT2D eigenvalue weighted by Gasteiger charge is -2.19. The Labute approximate surface area is 94.7 Å². The predicted molar refractivity (Wildman–Crippen MR) is 66.5 cm³/mol. The third-order valence-electron chi connectivity index (χ3n) is 2.57. The summed E-state index contributed by atoms with van der Waals surface area (Å²) in [7, 11) is 0. The van der Waals surface area contributed by atoms with E-state index in [4.69, 9.17) is 0 Å². The van der Waals surface area contributed by atoms with Crippen LogP contribution in [0.2, 0.25) is 0 Å². The van der Waals surface area contributed by atoms with E-state index in [1.54, 1.807) is 0 Å². The average Bonchev–Trinajstić information content (AvgIpc) is 2.74. The molecule has 0 spiro atoms. The SMILES string of the molecule is CCNC1=C(C)CC(c2cccs2)C=N1. The minimum Gasteiger partial charge on any atom is -0.370 e. The monoisotopic (exact) mass is 220 g/mol. The Balaban J connectivity index is 2.11. The molecule has 0 aliphatic carbocycles. The number of allylic oxidation sites excluding steroid dienone is 1. The zero-order valence-electron chi connectivity index (χ0n) is 9.16. The number of hydrogen-bond donors (Lipinski definition) is 1. The Kier molecular flexibility index (Phi) is 3.21. The molecule has 0 radical (unpaired) electrons. The van der Waals surface area contributed by atoms with Crippen LogP contribution >= 0.6 is 11.3 Å². The predicted octanol–water partition coefficient (Wildman–Crippen LogP) is 3.15. The Hall–Kier alpha value is -1.09. The van der Waals surface area contributed by atoms with Crippen LogP contribution in [-0.4, -0.2) is 12.8 Å². The van der Waals surface area contributed by atoms with Crippen molar-refractivity contribution in [3.8, 4) is 0 Å². The lowest BCUT2D eigenvalue weighted by molar-refractivity contribution is 0.765. The van der Waals surface area contributed by atoms with Crippen LogP contribution in [0.5, 0.6) is 0 Å². The van der Waals surface area contributed by atoms with Gasteiger partial charge in [0.05, 0.1) is 0 Å². The largest absolute Gasteiger partial charge is 0.370 e. The number of thiophene rings is 1. The molecule has 1 aromatic rings. The molecule has 1 unspecified atom stereocenters. The van der Waals surface area contributed by atoms with Gasteiger partial charge in [0.25, 0.3) is 0 Å². The molecule has 0 fully saturated rings. The summed E-state index contributed by atoms with van der Waals surface area (Å²) in [6.07, 6.45) is 3.16. The van der Waals surface area contributed by atoms with E-state index < -0.39 is 0 Å². The summed E-state index contributed by atoms with van der Waals surface area (Å²) in [5.74, 6) is 1.54. The first-order valence-electron chi connectivity index (χ1n) is 5.32. The van der Waals surface area contributed by atoms with Crippen molar-refractivity contribution in [3.05, 3.63) is 33.8 Å². The van der Waals surface area contributed by atoms with E-state index in [0.717, 1.165) is 18.8 Å². The number of nitrogens with zero attached hydrogens (tertiary/aromatic N) is 1. The summed E-state index contributed by atoms with van der Waals surface area (Å²) in [5, 5.41) is 5.41. The molecule has 1 aromatic heterocycles. The summed E-state index contributed by atoms with van der Waals surface area (Å²) in [6.45, 7) is 5.20. The van der Waals surface area contributed by atoms with E-state index in [1.807, 2.05) is 11.3 Å². The number of rotatable bonds is 3. The first kappa shape index (κ1) is 10.4. The van der Waals surface area contributed by atoms with Gasteiger partial charge in [-0.2, -0.15) is 0 Å². The van der Waals surface area contributed by atoms with Crippen molar-refractivity contribution in [1.82, 2.24) is 5.32 Å². The van der Waals surface area contributed by atoms with Gasteiger partial charge in [-0.05, 0) is 37.3 Å². The highest BCUT2D eigenvalue weighted by Crippen LogP contribution is 2.29. The Bertz CT molecular complexity index is 376. The van der Waals surface area contributed by atoms with Gasteiger partial charge in [-0.15, -0.1) is 11.3 Å². The van der Waals surface area contributed by atoms with Gasteiger partial charge in [0.2, 0.25) is 0 Å². The molecule has 15 heavy (non-hydrogen) atoms. The van der Waals surface area contributed by atoms with Gasteiger partial charge < -0.3 is 5.32 Å². The molecule has 0 bridgehead atoms. The number of nitrogens with one attached hydrogen (secondary N) is 1. The van der Waals surface area contributed by atoms with Gasteiger partial charge in [0.15, 0.2) is 0 Å². The molecule has 1 N–H and O–H groups in total. The standard InChI is InChI=1S/C12H16N2S/c1-3-13-12-9(2)7-10(8-14-12)11-5-4-6-15-11/h4-6,8,10,13H,3,7H2,1-2H3. The summed E-state index contributed by atoms with van der Waals surface area (Å²) in [4.78, 5) is 5.90. The molecule has 0 saturated carbocycles. The molecular formula is C12H16N2S. The molecule has 0 saturated heterocycles. The molecule has 80 valence electrons. The maximum Gasteiger partial charge on any atom is 0.124 e. The van der Waals surface area contributed by atoms with Crippen molar-refractivity contribution >= 4 is 17.6 Å². The smallest absolute Gasteiger partial charge is 0.124 e. The van der Waals surface area contributed by atoms with Crippen LogP contribution in [0.3, 0.4) is 0 Å². The molecule has 2 nitrogen and oxygen atoms in total. The van der Waals surface area contributed by atoms with Crippen LogP contribution < -0.4 is 5.32 Å². The van der Waals surface area contributed by atoms with Crippen LogP contribution in [0.4, 0.5) is 0 Å². The number of hydrogen-bond acceptors (Lipinski definition) is 3. The fourth-order valence-electron chi connectivity index (χ4n) is 1.79. The zero-order valence-corrected chi connectivity index (χ0v) is 9.97. The number of aliphatic imine (C=N–C) groups is 1. The molecule has 0 aromatic carbocycles. The molecule has 2 heterocycles. The third kappa shape index (κ3) is 2.29. The highest BCUT2D eigenvalue weighted by molar-refractivity contribution is 7.10. The minimum atomic E-state index is 0.479. The third-order valence-corrected chi connectivity index (χ3v) is 3.57. The quantitative estimate of drug-likeness (QED) is 0.831. The van der Waals surface area contributed by atoms with Crippen LogP contribution in [0.25, 0.3) is 0 Å². The first-order chi connectivity index (χ1) is 7.31. The van der Waals surface area contributed by atoms with Gasteiger partial charge in [0.1, 0.15) is 5.82 Å². The maximum absolute atomic E-state index is 4.49. The van der Waals surface area contributed by atoms with E-state index in [9.17, 15) is 0 Å². The van der Waals surface area contributed by atoms with E-state index >= 15 is 0 Å². The van der Waals surface area contributed by atoms with Crippen LogP contribution in [0.1, 0.15) is 31.1 Å². The summed E-state index contributed by atoms with van der Waals surface area (Å²) < 4.78 is 0. The average molecular weight is 220 g/mol. The van der Waals surface area contributed by atoms with Crippen LogP contribution in [0.15, 0.2) is 33.9 Å². The topological polar surface area (TPSA) is 24.4 Å². The van der Waals surface area contributed by atoms with Gasteiger partial charge in [-0.25, -0.2) is 4.99 Å². The van der Waals surface area contributed by atoms with E-state index in [1.165, 1.54) is 10.5 Å². The minimum absolute atomic E-state index is 0.479. The zero-order chi connectivity index (χ0) is 10.7. The summed E-state index contributed by atoms with van der Waals surface area (Å²) in [5.41, 5.74) is 1.36.